The number of aryl methyl sites for hydroxylation is 2. The van der Waals surface area contributed by atoms with E-state index in [0.717, 1.165) is 37.1 Å². The maximum Gasteiger partial charge on any atom is 0.203 e. The van der Waals surface area contributed by atoms with E-state index in [9.17, 15) is 0 Å². The van der Waals surface area contributed by atoms with Crippen molar-refractivity contribution in [3.05, 3.63) is 11.9 Å². The molecular weight excluding hydrogens is 198 g/mol. The van der Waals surface area contributed by atoms with Crippen LogP contribution in [0, 0.1) is 12.8 Å². The normalized spacial score (nSPS) is 16.1. The minimum Gasteiger partial charge on any atom is -0.356 e. The first-order chi connectivity index (χ1) is 7.79. The van der Waals surface area contributed by atoms with Crippen molar-refractivity contribution in [2.45, 2.75) is 52.5 Å². The highest BCUT2D eigenvalue weighted by atomic mass is 15.2. The molecule has 0 saturated heterocycles. The topological polar surface area (TPSA) is 29.9 Å². The molecule has 1 fully saturated rings. The Morgan fingerprint density at radius 1 is 1.50 bits per heavy atom. The largest absolute Gasteiger partial charge is 0.356 e. The predicted molar refractivity (Wildman–Crippen MR) is 67.7 cm³/mol. The van der Waals surface area contributed by atoms with Gasteiger partial charge in [0.05, 0.1) is 5.69 Å². The van der Waals surface area contributed by atoms with E-state index in [1.807, 2.05) is 0 Å². The average molecular weight is 221 g/mol. The van der Waals surface area contributed by atoms with Crippen LogP contribution in [0.3, 0.4) is 0 Å². The summed E-state index contributed by atoms with van der Waals surface area (Å²) in [5.41, 5.74) is 1.12. The average Bonchev–Trinajstić information content (AvgIpc) is 2.54. The molecule has 1 saturated carbocycles. The number of rotatable bonds is 6. The molecule has 2 rings (SSSR count). The molecular formula is C13H23N3. The van der Waals surface area contributed by atoms with Crippen molar-refractivity contribution in [1.82, 2.24) is 9.55 Å². The third-order valence-corrected chi connectivity index (χ3v) is 3.43. The van der Waals surface area contributed by atoms with E-state index in [1.54, 1.807) is 0 Å². The summed E-state index contributed by atoms with van der Waals surface area (Å²) < 4.78 is 2.28. The van der Waals surface area contributed by atoms with Gasteiger partial charge in [-0.2, -0.15) is 0 Å². The summed E-state index contributed by atoms with van der Waals surface area (Å²) in [6, 6.07) is 0. The van der Waals surface area contributed by atoms with E-state index in [0.29, 0.717) is 0 Å². The van der Waals surface area contributed by atoms with Crippen LogP contribution in [0.15, 0.2) is 6.20 Å². The molecule has 90 valence electrons. The molecule has 1 aromatic rings. The number of nitrogens with one attached hydrogen (secondary N) is 1. The lowest BCUT2D eigenvalue weighted by Gasteiger charge is -2.25. The molecule has 0 radical (unpaired) electrons. The number of anilines is 1. The van der Waals surface area contributed by atoms with Gasteiger partial charge in [0.25, 0.3) is 0 Å². The Balaban J connectivity index is 1.89. The Labute approximate surface area is 98.3 Å². The SMILES string of the molecule is CCCNc1nc(C)cn1CCC1CCC1. The summed E-state index contributed by atoms with van der Waals surface area (Å²) in [5, 5.41) is 3.40. The maximum atomic E-state index is 4.52. The van der Waals surface area contributed by atoms with Crippen molar-refractivity contribution in [1.29, 1.82) is 0 Å². The van der Waals surface area contributed by atoms with E-state index in [4.69, 9.17) is 0 Å². The third-order valence-electron chi connectivity index (χ3n) is 3.43. The van der Waals surface area contributed by atoms with Gasteiger partial charge in [0.2, 0.25) is 5.95 Å². The number of hydrogen-bond acceptors (Lipinski definition) is 2. The second-order valence-electron chi connectivity index (χ2n) is 4.91. The first-order valence-electron chi connectivity index (χ1n) is 6.57. The van der Waals surface area contributed by atoms with Crippen LogP contribution in [0.4, 0.5) is 5.95 Å². The molecule has 1 aliphatic rings. The highest BCUT2D eigenvalue weighted by Crippen LogP contribution is 2.30. The van der Waals surface area contributed by atoms with E-state index in [2.05, 4.69) is 34.9 Å². The molecule has 0 amide bonds. The zero-order valence-corrected chi connectivity index (χ0v) is 10.5. The molecule has 3 nitrogen and oxygen atoms in total. The van der Waals surface area contributed by atoms with Gasteiger partial charge in [0.15, 0.2) is 0 Å². The molecule has 0 spiro atoms. The Morgan fingerprint density at radius 2 is 2.31 bits per heavy atom. The summed E-state index contributed by atoms with van der Waals surface area (Å²) in [4.78, 5) is 4.52. The van der Waals surface area contributed by atoms with E-state index < -0.39 is 0 Å². The fourth-order valence-corrected chi connectivity index (χ4v) is 2.20. The Morgan fingerprint density at radius 3 is 2.94 bits per heavy atom. The van der Waals surface area contributed by atoms with Gasteiger partial charge in [-0.05, 0) is 25.7 Å². The molecule has 0 bridgehead atoms. The van der Waals surface area contributed by atoms with Crippen LogP contribution < -0.4 is 5.32 Å². The molecule has 0 atom stereocenters. The number of hydrogen-bond donors (Lipinski definition) is 1. The number of imidazole rings is 1. The third kappa shape index (κ3) is 2.77. The lowest BCUT2D eigenvalue weighted by atomic mass is 9.83. The van der Waals surface area contributed by atoms with Crippen molar-refractivity contribution >= 4 is 5.95 Å². The predicted octanol–water partition coefficient (Wildman–Crippen LogP) is 3.20. The molecule has 3 heteroatoms. The van der Waals surface area contributed by atoms with Crippen LogP contribution in [0.2, 0.25) is 0 Å². The van der Waals surface area contributed by atoms with E-state index in [-0.39, 0.29) is 0 Å². The van der Waals surface area contributed by atoms with Crippen LogP contribution in [0.25, 0.3) is 0 Å². The summed E-state index contributed by atoms with van der Waals surface area (Å²) in [5.74, 6) is 2.03. The van der Waals surface area contributed by atoms with Crippen LogP contribution in [-0.4, -0.2) is 16.1 Å². The lowest BCUT2D eigenvalue weighted by molar-refractivity contribution is 0.283. The van der Waals surface area contributed by atoms with Crippen LogP contribution >= 0.6 is 0 Å². The van der Waals surface area contributed by atoms with E-state index in [1.165, 1.54) is 25.7 Å². The van der Waals surface area contributed by atoms with Crippen molar-refractivity contribution in [2.24, 2.45) is 5.92 Å². The van der Waals surface area contributed by atoms with Gasteiger partial charge in [-0.1, -0.05) is 26.2 Å². The lowest BCUT2D eigenvalue weighted by Crippen LogP contribution is -2.15. The van der Waals surface area contributed by atoms with Gasteiger partial charge in [-0.25, -0.2) is 4.98 Å². The fourth-order valence-electron chi connectivity index (χ4n) is 2.20. The second kappa shape index (κ2) is 5.37. The zero-order chi connectivity index (χ0) is 11.4. The molecule has 1 N–H and O–H groups in total. The van der Waals surface area contributed by atoms with Crippen molar-refractivity contribution in [3.8, 4) is 0 Å². The highest BCUT2D eigenvalue weighted by molar-refractivity contribution is 5.28. The maximum absolute atomic E-state index is 4.52. The standard InChI is InChI=1S/C13H23N3/c1-3-8-14-13-15-11(2)10-16(13)9-7-12-5-4-6-12/h10,12H,3-9H2,1-2H3,(H,14,15). The summed E-state index contributed by atoms with van der Waals surface area (Å²) in [6.45, 7) is 6.38. The number of aromatic nitrogens is 2. The van der Waals surface area contributed by atoms with Gasteiger partial charge < -0.3 is 9.88 Å². The smallest absolute Gasteiger partial charge is 0.203 e. The van der Waals surface area contributed by atoms with Crippen LogP contribution in [-0.2, 0) is 6.54 Å². The second-order valence-corrected chi connectivity index (χ2v) is 4.91. The Kier molecular flexibility index (Phi) is 3.86. The van der Waals surface area contributed by atoms with Gasteiger partial charge in [0.1, 0.15) is 0 Å². The molecule has 1 heterocycles. The van der Waals surface area contributed by atoms with Crippen molar-refractivity contribution < 1.29 is 0 Å². The van der Waals surface area contributed by atoms with Gasteiger partial charge in [-0.3, -0.25) is 0 Å². The molecule has 0 unspecified atom stereocenters. The first kappa shape index (κ1) is 11.5. The summed E-state index contributed by atoms with van der Waals surface area (Å²) in [7, 11) is 0. The first-order valence-corrected chi connectivity index (χ1v) is 6.57. The summed E-state index contributed by atoms with van der Waals surface area (Å²) >= 11 is 0. The van der Waals surface area contributed by atoms with Gasteiger partial charge in [-0.15, -0.1) is 0 Å². The minimum absolute atomic E-state index is 0.974. The Bertz CT molecular complexity index is 326. The molecule has 16 heavy (non-hydrogen) atoms. The highest BCUT2D eigenvalue weighted by Gasteiger charge is 2.17. The van der Waals surface area contributed by atoms with Crippen LogP contribution in [0.1, 0.15) is 44.7 Å². The summed E-state index contributed by atoms with van der Waals surface area (Å²) in [6.07, 6.45) is 8.94. The van der Waals surface area contributed by atoms with Crippen molar-refractivity contribution in [2.75, 3.05) is 11.9 Å². The quantitative estimate of drug-likeness (QED) is 0.799. The monoisotopic (exact) mass is 221 g/mol. The van der Waals surface area contributed by atoms with Gasteiger partial charge >= 0.3 is 0 Å². The molecule has 0 aliphatic heterocycles. The fraction of sp³-hybridized carbons (Fsp3) is 0.769. The zero-order valence-electron chi connectivity index (χ0n) is 10.5. The van der Waals surface area contributed by atoms with Crippen molar-refractivity contribution in [3.63, 3.8) is 0 Å². The number of nitrogens with zero attached hydrogens (tertiary/aromatic N) is 2. The molecule has 1 aliphatic carbocycles. The van der Waals surface area contributed by atoms with Gasteiger partial charge in [0, 0.05) is 19.3 Å². The molecule has 1 aromatic heterocycles. The van der Waals surface area contributed by atoms with E-state index >= 15 is 0 Å². The molecule has 0 aromatic carbocycles. The van der Waals surface area contributed by atoms with Crippen LogP contribution in [0.5, 0.6) is 0 Å². The Hall–Kier alpha value is -0.990. The minimum atomic E-state index is 0.974.